The van der Waals surface area contributed by atoms with Gasteiger partial charge in [-0.2, -0.15) is 10.4 Å². The van der Waals surface area contributed by atoms with E-state index in [1.165, 1.54) is 10.8 Å². The number of alkyl carbamates (subject to hydrolysis) is 1. The summed E-state index contributed by atoms with van der Waals surface area (Å²) in [7, 11) is 0. The Balaban J connectivity index is 1.78. The van der Waals surface area contributed by atoms with E-state index in [-0.39, 0.29) is 18.8 Å². The standard InChI is InChI=1S/C24H34N6O6/c1-22(2,3)17(29-21(34)36-23(4,5)6)20(33)35-10-13-9-24(11-25,18(32)16(13)31)15-8-7-14-19(26)27-12-28-30(14)15/h7-8,12-13,16-18,31-32H,9-10H2,1-6H3,(H,29,34)(H2,26,27,28)/t13-,16-,17-,18-,24-/m1/s1. The Hall–Kier alpha value is -3.43. The summed E-state index contributed by atoms with van der Waals surface area (Å²) in [6.45, 7) is 10.1. The van der Waals surface area contributed by atoms with Crippen LogP contribution in [0, 0.1) is 22.7 Å². The van der Waals surface area contributed by atoms with Crippen LogP contribution in [-0.4, -0.2) is 67.3 Å². The molecule has 2 heterocycles. The largest absolute Gasteiger partial charge is 0.464 e. The fraction of sp³-hybridized carbons (Fsp3) is 0.625. The first-order valence-corrected chi connectivity index (χ1v) is 11.6. The maximum atomic E-state index is 13.0. The lowest BCUT2D eigenvalue weighted by molar-refractivity contribution is -0.151. The van der Waals surface area contributed by atoms with E-state index in [1.807, 2.05) is 0 Å². The van der Waals surface area contributed by atoms with Crippen molar-refractivity contribution in [3.8, 4) is 6.07 Å². The van der Waals surface area contributed by atoms with Gasteiger partial charge in [-0.15, -0.1) is 0 Å². The van der Waals surface area contributed by atoms with Crippen LogP contribution < -0.4 is 11.1 Å². The average Bonchev–Trinajstić information content (AvgIpc) is 3.30. The molecule has 0 aromatic carbocycles. The Morgan fingerprint density at radius 2 is 1.97 bits per heavy atom. The average molecular weight is 503 g/mol. The molecule has 1 fully saturated rings. The molecule has 0 radical (unpaired) electrons. The number of anilines is 1. The van der Waals surface area contributed by atoms with Gasteiger partial charge in [-0.05, 0) is 44.7 Å². The number of carbonyl (C=O) groups excluding carboxylic acids is 2. The molecule has 5 N–H and O–H groups in total. The number of fused-ring (bicyclic) bond motifs is 1. The van der Waals surface area contributed by atoms with Crippen LogP contribution in [0.5, 0.6) is 0 Å². The summed E-state index contributed by atoms with van der Waals surface area (Å²) in [4.78, 5) is 29.2. The number of carbonyl (C=O) groups is 2. The third-order valence-corrected chi connectivity index (χ3v) is 6.24. The highest BCUT2D eigenvalue weighted by Gasteiger charge is 2.56. The van der Waals surface area contributed by atoms with Crippen molar-refractivity contribution in [1.82, 2.24) is 19.9 Å². The molecular formula is C24H34N6O6. The molecule has 0 spiro atoms. The monoisotopic (exact) mass is 502 g/mol. The maximum absolute atomic E-state index is 13.0. The minimum atomic E-state index is -1.53. The molecule has 36 heavy (non-hydrogen) atoms. The Bertz CT molecular complexity index is 1180. The van der Waals surface area contributed by atoms with E-state index in [4.69, 9.17) is 15.2 Å². The molecule has 1 saturated carbocycles. The lowest BCUT2D eigenvalue weighted by Crippen LogP contribution is -2.51. The molecule has 1 amide bonds. The summed E-state index contributed by atoms with van der Waals surface area (Å²) in [5, 5.41) is 38.5. The highest BCUT2D eigenvalue weighted by molar-refractivity contribution is 5.82. The fourth-order valence-electron chi connectivity index (χ4n) is 4.40. The molecule has 1 aliphatic rings. The van der Waals surface area contributed by atoms with Gasteiger partial charge in [-0.1, -0.05) is 20.8 Å². The van der Waals surface area contributed by atoms with Crippen molar-refractivity contribution >= 4 is 23.4 Å². The van der Waals surface area contributed by atoms with Gasteiger partial charge in [0.05, 0.1) is 24.5 Å². The normalized spacial score (nSPS) is 25.2. The van der Waals surface area contributed by atoms with E-state index in [1.54, 1.807) is 53.7 Å². The Kier molecular flexibility index (Phi) is 7.21. The van der Waals surface area contributed by atoms with E-state index in [0.717, 1.165) is 0 Å². The molecule has 0 bridgehead atoms. The zero-order valence-electron chi connectivity index (χ0n) is 21.3. The number of esters is 1. The number of ether oxygens (including phenoxy) is 2. The number of amides is 1. The SMILES string of the molecule is CC(C)(C)OC(=O)N[C@H](C(=O)OC[C@H]1C[C@@](C#N)(c2ccc3c(N)ncnn23)[C@H](O)[C@@H]1O)C(C)(C)C. The molecule has 12 heteroatoms. The second kappa shape index (κ2) is 9.55. The van der Waals surface area contributed by atoms with E-state index in [9.17, 15) is 25.1 Å². The molecule has 5 atom stereocenters. The van der Waals surface area contributed by atoms with Crippen LogP contribution in [-0.2, 0) is 19.7 Å². The Morgan fingerprint density at radius 3 is 2.56 bits per heavy atom. The van der Waals surface area contributed by atoms with Gasteiger partial charge in [-0.25, -0.2) is 19.1 Å². The van der Waals surface area contributed by atoms with Gasteiger partial charge in [0.25, 0.3) is 0 Å². The zero-order chi connectivity index (χ0) is 27.1. The van der Waals surface area contributed by atoms with E-state index < -0.39 is 52.7 Å². The Morgan fingerprint density at radius 1 is 1.31 bits per heavy atom. The first-order valence-electron chi connectivity index (χ1n) is 11.6. The minimum Gasteiger partial charge on any atom is -0.464 e. The summed E-state index contributed by atoms with van der Waals surface area (Å²) < 4.78 is 12.2. The molecule has 2 aromatic rings. The number of aromatic nitrogens is 3. The van der Waals surface area contributed by atoms with Gasteiger partial charge < -0.3 is 30.7 Å². The highest BCUT2D eigenvalue weighted by atomic mass is 16.6. The quantitative estimate of drug-likeness (QED) is 0.434. The second-order valence-electron chi connectivity index (χ2n) is 11.2. The van der Waals surface area contributed by atoms with Gasteiger partial charge in [-0.3, -0.25) is 0 Å². The summed E-state index contributed by atoms with van der Waals surface area (Å²) in [6, 6.07) is 4.34. The molecule has 12 nitrogen and oxygen atoms in total. The summed E-state index contributed by atoms with van der Waals surface area (Å²) in [5.74, 6) is -1.28. The number of nitrogen functional groups attached to an aromatic ring is 1. The molecular weight excluding hydrogens is 468 g/mol. The molecule has 1 aliphatic carbocycles. The first kappa shape index (κ1) is 27.2. The number of aliphatic hydroxyl groups excluding tert-OH is 2. The van der Waals surface area contributed by atoms with Crippen LogP contribution >= 0.6 is 0 Å². The van der Waals surface area contributed by atoms with E-state index >= 15 is 0 Å². The van der Waals surface area contributed by atoms with Crippen molar-refractivity contribution in [2.45, 2.75) is 77.2 Å². The van der Waals surface area contributed by atoms with Crippen LogP contribution in [0.3, 0.4) is 0 Å². The number of aliphatic hydroxyl groups is 2. The molecule has 2 aromatic heterocycles. The lowest BCUT2D eigenvalue weighted by Gasteiger charge is -2.31. The number of nitrogens with one attached hydrogen (secondary N) is 1. The number of nitrogens with zero attached hydrogens (tertiary/aromatic N) is 4. The topological polar surface area (TPSA) is 185 Å². The van der Waals surface area contributed by atoms with Crippen LogP contribution in [0.1, 0.15) is 53.7 Å². The predicted molar refractivity (Wildman–Crippen MR) is 128 cm³/mol. The number of nitrogens with two attached hydrogens (primary N) is 1. The minimum absolute atomic E-state index is 0.00515. The van der Waals surface area contributed by atoms with Crippen molar-refractivity contribution in [3.05, 3.63) is 24.2 Å². The summed E-state index contributed by atoms with van der Waals surface area (Å²) in [6.07, 6.45) is -2.36. The highest BCUT2D eigenvalue weighted by Crippen LogP contribution is 2.45. The van der Waals surface area contributed by atoms with Gasteiger partial charge >= 0.3 is 12.1 Å². The van der Waals surface area contributed by atoms with Crippen LogP contribution in [0.25, 0.3) is 5.52 Å². The molecule has 0 saturated heterocycles. The van der Waals surface area contributed by atoms with E-state index in [0.29, 0.717) is 11.2 Å². The second-order valence-corrected chi connectivity index (χ2v) is 11.2. The number of nitriles is 1. The fourth-order valence-corrected chi connectivity index (χ4v) is 4.40. The number of rotatable bonds is 5. The van der Waals surface area contributed by atoms with Crippen LogP contribution in [0.4, 0.5) is 10.6 Å². The summed E-state index contributed by atoms with van der Waals surface area (Å²) in [5.41, 5.74) is 3.71. The predicted octanol–water partition coefficient (Wildman–Crippen LogP) is 1.30. The van der Waals surface area contributed by atoms with E-state index in [2.05, 4.69) is 21.5 Å². The van der Waals surface area contributed by atoms with Crippen LogP contribution in [0.15, 0.2) is 18.5 Å². The summed E-state index contributed by atoms with van der Waals surface area (Å²) >= 11 is 0. The molecule has 0 unspecified atom stereocenters. The van der Waals surface area contributed by atoms with Crippen molar-refractivity contribution in [3.63, 3.8) is 0 Å². The smallest absolute Gasteiger partial charge is 0.408 e. The number of hydrogen-bond acceptors (Lipinski definition) is 10. The van der Waals surface area contributed by atoms with Crippen molar-refractivity contribution in [2.24, 2.45) is 11.3 Å². The Labute approximate surface area is 209 Å². The first-order chi connectivity index (χ1) is 16.6. The number of hydrogen-bond donors (Lipinski definition) is 4. The van der Waals surface area contributed by atoms with Gasteiger partial charge in [0.15, 0.2) is 5.82 Å². The van der Waals surface area contributed by atoms with Crippen LogP contribution in [0.2, 0.25) is 0 Å². The van der Waals surface area contributed by atoms with Gasteiger partial charge in [0.1, 0.15) is 35.0 Å². The van der Waals surface area contributed by atoms with Gasteiger partial charge in [0.2, 0.25) is 0 Å². The van der Waals surface area contributed by atoms with Crippen molar-refractivity contribution < 1.29 is 29.3 Å². The maximum Gasteiger partial charge on any atom is 0.408 e. The van der Waals surface area contributed by atoms with Crippen molar-refractivity contribution in [1.29, 1.82) is 5.26 Å². The third kappa shape index (κ3) is 5.22. The lowest BCUT2D eigenvalue weighted by atomic mass is 9.81. The molecule has 0 aliphatic heterocycles. The van der Waals surface area contributed by atoms with Crippen molar-refractivity contribution in [2.75, 3.05) is 12.3 Å². The third-order valence-electron chi connectivity index (χ3n) is 6.24. The molecule has 3 rings (SSSR count). The van der Waals surface area contributed by atoms with Gasteiger partial charge in [0, 0.05) is 5.92 Å². The molecule has 196 valence electrons. The zero-order valence-corrected chi connectivity index (χ0v) is 21.3.